The normalized spacial score (nSPS) is 11.4. The van der Waals surface area contributed by atoms with Gasteiger partial charge in [-0.1, -0.05) is 60.7 Å². The van der Waals surface area contributed by atoms with Crippen LogP contribution in [0.5, 0.6) is 0 Å². The molecule has 4 aromatic rings. The summed E-state index contributed by atoms with van der Waals surface area (Å²) in [6.45, 7) is 1.88. The van der Waals surface area contributed by atoms with Crippen LogP contribution in [-0.2, 0) is 34.2 Å². The highest BCUT2D eigenvalue weighted by atomic mass is 16.6. The summed E-state index contributed by atoms with van der Waals surface area (Å²) in [5.41, 5.74) is 8.06. The van der Waals surface area contributed by atoms with Crippen LogP contribution < -0.4 is 11.3 Å². The number of rotatable bonds is 11. The molecule has 0 spiro atoms. The maximum Gasteiger partial charge on any atom is 0.261 e. The summed E-state index contributed by atoms with van der Waals surface area (Å²) in [5.74, 6) is 0.0661. The Morgan fingerprint density at radius 1 is 0.906 bits per heavy atom. The molecule has 0 unspecified atom stereocenters. The zero-order valence-corrected chi connectivity index (χ0v) is 17.6. The Morgan fingerprint density at radius 2 is 1.50 bits per heavy atom. The van der Waals surface area contributed by atoms with E-state index >= 15 is 0 Å². The number of nitrogens with zero attached hydrogens (tertiary/aromatic N) is 2. The van der Waals surface area contributed by atoms with Gasteiger partial charge in [-0.3, -0.25) is 9.78 Å². The maximum atomic E-state index is 12.0. The molecule has 0 aliphatic rings. The predicted molar refractivity (Wildman–Crippen MR) is 122 cm³/mol. The van der Waals surface area contributed by atoms with Crippen molar-refractivity contribution in [2.24, 2.45) is 0 Å². The summed E-state index contributed by atoms with van der Waals surface area (Å²) in [7, 11) is 0. The largest absolute Gasteiger partial charge is 0.374 e. The third kappa shape index (κ3) is 5.82. The number of ether oxygens (including phenoxy) is 3. The molecule has 3 N–H and O–H groups in total. The van der Waals surface area contributed by atoms with Gasteiger partial charge in [0, 0.05) is 6.20 Å². The van der Waals surface area contributed by atoms with E-state index in [1.165, 1.54) is 0 Å². The van der Waals surface area contributed by atoms with E-state index in [4.69, 9.17) is 19.9 Å². The molecule has 0 atom stereocenters. The molecule has 2 aromatic heterocycles. The van der Waals surface area contributed by atoms with Crippen molar-refractivity contribution in [1.29, 1.82) is 0 Å². The van der Waals surface area contributed by atoms with Crippen LogP contribution in [0, 0.1) is 0 Å². The second-order valence-electron chi connectivity index (χ2n) is 7.39. The third-order valence-corrected chi connectivity index (χ3v) is 4.93. The first-order valence-electron chi connectivity index (χ1n) is 10.4. The van der Waals surface area contributed by atoms with Crippen LogP contribution in [0.15, 0.2) is 77.7 Å². The van der Waals surface area contributed by atoms with E-state index in [9.17, 15) is 4.79 Å². The number of H-pyrrole nitrogens is 1. The van der Waals surface area contributed by atoms with Crippen molar-refractivity contribution in [3.8, 4) is 0 Å². The minimum Gasteiger partial charge on any atom is -0.374 e. The molecule has 0 fully saturated rings. The van der Waals surface area contributed by atoms with E-state index in [2.05, 4.69) is 9.97 Å². The minimum absolute atomic E-state index is 0.0661. The highest BCUT2D eigenvalue weighted by Crippen LogP contribution is 2.12. The fourth-order valence-corrected chi connectivity index (χ4v) is 3.29. The number of aromatic nitrogens is 3. The molecule has 0 bridgehead atoms. The second-order valence-corrected chi connectivity index (χ2v) is 7.39. The Hall–Kier alpha value is -3.46. The van der Waals surface area contributed by atoms with Crippen LogP contribution >= 0.6 is 0 Å². The van der Waals surface area contributed by atoms with Crippen molar-refractivity contribution in [2.45, 2.75) is 26.0 Å². The van der Waals surface area contributed by atoms with E-state index < -0.39 is 0 Å². The number of fused-ring (bicyclic) bond motifs is 1. The van der Waals surface area contributed by atoms with Gasteiger partial charge in [0.1, 0.15) is 12.8 Å². The van der Waals surface area contributed by atoms with Crippen molar-refractivity contribution < 1.29 is 14.2 Å². The molecule has 2 aromatic carbocycles. The van der Waals surface area contributed by atoms with Gasteiger partial charge in [0.2, 0.25) is 5.95 Å². The number of nitrogens with one attached hydrogen (secondary N) is 1. The quantitative estimate of drug-likeness (QED) is 0.376. The molecule has 2 heterocycles. The van der Waals surface area contributed by atoms with Crippen molar-refractivity contribution in [3.05, 3.63) is 94.4 Å². The van der Waals surface area contributed by atoms with Gasteiger partial charge in [-0.05, 0) is 17.2 Å². The van der Waals surface area contributed by atoms with Crippen molar-refractivity contribution in [2.75, 3.05) is 18.9 Å². The average molecular weight is 434 g/mol. The first-order valence-corrected chi connectivity index (χ1v) is 10.4. The van der Waals surface area contributed by atoms with Gasteiger partial charge in [-0.25, -0.2) is 0 Å². The molecular weight excluding hydrogens is 408 g/mol. The molecule has 0 aliphatic carbocycles. The summed E-state index contributed by atoms with van der Waals surface area (Å²) in [6.07, 6.45) is 1.44. The number of hydrogen-bond acceptors (Lipinski definition) is 6. The third-order valence-electron chi connectivity index (χ3n) is 4.93. The average Bonchev–Trinajstić information content (AvgIpc) is 3.21. The monoisotopic (exact) mass is 434 g/mol. The molecule has 0 saturated carbocycles. The molecule has 4 rings (SSSR count). The molecule has 0 amide bonds. The van der Waals surface area contributed by atoms with Crippen LogP contribution in [0.1, 0.15) is 11.1 Å². The van der Waals surface area contributed by atoms with Gasteiger partial charge < -0.3 is 24.5 Å². The van der Waals surface area contributed by atoms with Crippen molar-refractivity contribution >= 4 is 17.0 Å². The summed E-state index contributed by atoms with van der Waals surface area (Å²) in [5, 5.41) is 0.458. The number of nitrogens with two attached hydrogens (primary N) is 1. The molecule has 32 heavy (non-hydrogen) atoms. The lowest BCUT2D eigenvalue weighted by molar-refractivity contribution is -0.0865. The smallest absolute Gasteiger partial charge is 0.261 e. The fourth-order valence-electron chi connectivity index (χ4n) is 3.29. The predicted octanol–water partition coefficient (Wildman–Crippen LogP) is 3.08. The molecular formula is C24H26N4O4. The van der Waals surface area contributed by atoms with E-state index in [-0.39, 0.29) is 24.3 Å². The fraction of sp³-hybridized carbons (Fsp3) is 0.250. The van der Waals surface area contributed by atoms with E-state index in [1.54, 1.807) is 16.8 Å². The van der Waals surface area contributed by atoms with E-state index in [0.717, 1.165) is 11.1 Å². The van der Waals surface area contributed by atoms with E-state index in [1.807, 2.05) is 60.7 Å². The Bertz CT molecular complexity index is 1130. The van der Waals surface area contributed by atoms with Crippen molar-refractivity contribution in [1.82, 2.24) is 14.5 Å². The first-order chi connectivity index (χ1) is 15.7. The van der Waals surface area contributed by atoms with E-state index in [0.29, 0.717) is 37.5 Å². The van der Waals surface area contributed by atoms with Crippen molar-refractivity contribution in [3.63, 3.8) is 0 Å². The lowest BCUT2D eigenvalue weighted by Crippen LogP contribution is -2.27. The standard InChI is InChI=1S/C24H26N4O4/c25-24-26-22-21(23(29)27-24)11-12-28(22)17-32-20(15-30-13-18-7-3-1-4-8-18)16-31-14-19-9-5-2-6-10-19/h1-12,20H,13-17H2,(H3,25,26,27,29). The van der Waals surface area contributed by atoms with Gasteiger partial charge in [0.25, 0.3) is 5.56 Å². The highest BCUT2D eigenvalue weighted by Gasteiger charge is 2.13. The van der Waals surface area contributed by atoms with Gasteiger partial charge in [-0.2, -0.15) is 4.98 Å². The van der Waals surface area contributed by atoms with Crippen LogP contribution in [0.25, 0.3) is 11.0 Å². The summed E-state index contributed by atoms with van der Waals surface area (Å²) >= 11 is 0. The molecule has 8 nitrogen and oxygen atoms in total. The molecule has 166 valence electrons. The number of nitrogen functional groups attached to an aromatic ring is 1. The zero-order chi connectivity index (χ0) is 22.2. The highest BCUT2D eigenvalue weighted by molar-refractivity contribution is 5.75. The summed E-state index contributed by atoms with van der Waals surface area (Å²) in [6, 6.07) is 21.6. The summed E-state index contributed by atoms with van der Waals surface area (Å²) in [4.78, 5) is 18.7. The van der Waals surface area contributed by atoms with Gasteiger partial charge >= 0.3 is 0 Å². The first kappa shape index (κ1) is 21.8. The van der Waals surface area contributed by atoms with Gasteiger partial charge in [0.05, 0.1) is 31.8 Å². The van der Waals surface area contributed by atoms with Gasteiger partial charge in [0.15, 0.2) is 5.65 Å². The minimum atomic E-state index is -0.306. The van der Waals surface area contributed by atoms with Crippen LogP contribution in [0.4, 0.5) is 5.95 Å². The molecule has 0 aliphatic heterocycles. The van der Waals surface area contributed by atoms with Crippen LogP contribution in [0.2, 0.25) is 0 Å². The van der Waals surface area contributed by atoms with Gasteiger partial charge in [-0.15, -0.1) is 0 Å². The number of benzene rings is 2. The Balaban J connectivity index is 1.37. The number of anilines is 1. The maximum absolute atomic E-state index is 12.0. The van der Waals surface area contributed by atoms with Crippen LogP contribution in [0.3, 0.4) is 0 Å². The molecule has 8 heteroatoms. The Kier molecular flexibility index (Phi) is 7.29. The number of aromatic amines is 1. The Morgan fingerprint density at radius 3 is 2.09 bits per heavy atom. The zero-order valence-electron chi connectivity index (χ0n) is 17.6. The topological polar surface area (TPSA) is 104 Å². The number of hydrogen-bond donors (Lipinski definition) is 2. The molecule has 0 radical (unpaired) electrons. The molecule has 0 saturated heterocycles. The Labute approximate surface area is 185 Å². The lowest BCUT2D eigenvalue weighted by Gasteiger charge is -2.19. The SMILES string of the molecule is Nc1nc2c(ccn2COC(COCc2ccccc2)COCc2ccccc2)c(=O)[nH]1. The summed E-state index contributed by atoms with van der Waals surface area (Å²) < 4.78 is 19.6. The van der Waals surface area contributed by atoms with Crippen LogP contribution in [-0.4, -0.2) is 33.9 Å². The second kappa shape index (κ2) is 10.7. The lowest BCUT2D eigenvalue weighted by atomic mass is 10.2.